The summed E-state index contributed by atoms with van der Waals surface area (Å²) in [6, 6.07) is 9.57. The van der Waals surface area contributed by atoms with E-state index in [0.29, 0.717) is 23.2 Å². The maximum absolute atomic E-state index is 5.36. The predicted octanol–water partition coefficient (Wildman–Crippen LogP) is 4.04. The zero-order valence-corrected chi connectivity index (χ0v) is 14.3. The van der Waals surface area contributed by atoms with Crippen LogP contribution in [0, 0.1) is 0 Å². The van der Waals surface area contributed by atoms with Gasteiger partial charge in [-0.15, -0.1) is 11.3 Å². The normalized spacial score (nSPS) is 11.0. The molecule has 0 saturated carbocycles. The summed E-state index contributed by atoms with van der Waals surface area (Å²) in [6.07, 6.45) is 1.57. The van der Waals surface area contributed by atoms with Crippen molar-refractivity contribution in [3.8, 4) is 17.1 Å². The number of nitrogens with zero attached hydrogens (tertiary/aromatic N) is 4. The van der Waals surface area contributed by atoms with Gasteiger partial charge in [0.15, 0.2) is 0 Å². The lowest BCUT2D eigenvalue weighted by atomic mass is 10.2. The predicted molar refractivity (Wildman–Crippen MR) is 93.3 cm³/mol. The molecule has 0 saturated heterocycles. The molecule has 0 atom stereocenters. The van der Waals surface area contributed by atoms with Gasteiger partial charge in [-0.3, -0.25) is 0 Å². The summed E-state index contributed by atoms with van der Waals surface area (Å²) in [6.45, 7) is 0. The summed E-state index contributed by atoms with van der Waals surface area (Å²) in [4.78, 5) is 13.0. The van der Waals surface area contributed by atoms with E-state index in [-0.39, 0.29) is 0 Å². The van der Waals surface area contributed by atoms with Crippen LogP contribution in [0.1, 0.15) is 5.89 Å². The van der Waals surface area contributed by atoms with Crippen molar-refractivity contribution in [2.75, 3.05) is 7.11 Å². The molecule has 4 aromatic rings. The van der Waals surface area contributed by atoms with Crippen LogP contribution < -0.4 is 4.74 Å². The van der Waals surface area contributed by atoms with Gasteiger partial charge in [-0.25, -0.2) is 9.97 Å². The average molecular weight is 356 g/mol. The monoisotopic (exact) mass is 356 g/mol. The minimum Gasteiger partial charge on any atom is -0.496 e. The summed E-state index contributed by atoms with van der Waals surface area (Å²) in [7, 11) is 1.62. The minimum absolute atomic E-state index is 0.520. The first-order chi connectivity index (χ1) is 11.8. The van der Waals surface area contributed by atoms with Crippen molar-refractivity contribution < 1.29 is 9.26 Å². The van der Waals surface area contributed by atoms with Crippen molar-refractivity contribution in [1.82, 2.24) is 20.1 Å². The number of thioether (sulfide) groups is 1. The van der Waals surface area contributed by atoms with Crippen LogP contribution in [0.15, 0.2) is 51.6 Å². The molecule has 1 aromatic carbocycles. The fraction of sp³-hybridized carbons (Fsp3) is 0.125. The van der Waals surface area contributed by atoms with Crippen molar-refractivity contribution in [2.24, 2.45) is 0 Å². The minimum atomic E-state index is 0.520. The van der Waals surface area contributed by atoms with Gasteiger partial charge in [-0.05, 0) is 23.6 Å². The van der Waals surface area contributed by atoms with E-state index in [1.165, 1.54) is 0 Å². The molecule has 0 N–H and O–H groups in total. The highest BCUT2D eigenvalue weighted by atomic mass is 32.2. The lowest BCUT2D eigenvalue weighted by molar-refractivity contribution is 0.390. The number of benzene rings is 1. The van der Waals surface area contributed by atoms with E-state index in [9.17, 15) is 0 Å². The third-order valence-corrected chi connectivity index (χ3v) is 5.37. The van der Waals surface area contributed by atoms with E-state index in [1.807, 2.05) is 35.7 Å². The maximum Gasteiger partial charge on any atom is 0.237 e. The first-order valence-electron chi connectivity index (χ1n) is 7.12. The molecule has 6 nitrogen and oxygen atoms in total. The van der Waals surface area contributed by atoms with E-state index in [4.69, 9.17) is 9.26 Å². The Balaban J connectivity index is 1.54. The molecule has 0 aliphatic heterocycles. The average Bonchev–Trinajstić information content (AvgIpc) is 3.29. The lowest BCUT2D eigenvalue weighted by Crippen LogP contribution is -1.89. The fourth-order valence-electron chi connectivity index (χ4n) is 2.25. The first kappa shape index (κ1) is 15.1. The third-order valence-electron chi connectivity index (χ3n) is 3.36. The van der Waals surface area contributed by atoms with Gasteiger partial charge in [0.05, 0.1) is 28.6 Å². The molecule has 0 amide bonds. The second-order valence-electron chi connectivity index (χ2n) is 4.81. The number of hydrogen-bond acceptors (Lipinski definition) is 8. The molecule has 0 bridgehead atoms. The number of ether oxygens (including phenoxy) is 1. The smallest absolute Gasteiger partial charge is 0.237 e. The molecule has 0 unspecified atom stereocenters. The van der Waals surface area contributed by atoms with Crippen molar-refractivity contribution in [3.63, 3.8) is 0 Å². The number of methoxy groups -OCH3 is 1. The number of para-hydroxylation sites is 1. The molecular weight excluding hydrogens is 344 g/mol. The Morgan fingerprint density at radius 2 is 2.12 bits per heavy atom. The Bertz CT molecular complexity index is 983. The second-order valence-corrected chi connectivity index (χ2v) is 6.69. The largest absolute Gasteiger partial charge is 0.496 e. The van der Waals surface area contributed by atoms with Crippen LogP contribution >= 0.6 is 23.1 Å². The van der Waals surface area contributed by atoms with E-state index in [0.717, 1.165) is 20.8 Å². The van der Waals surface area contributed by atoms with Gasteiger partial charge in [0.25, 0.3) is 0 Å². The molecule has 8 heteroatoms. The van der Waals surface area contributed by atoms with Crippen molar-refractivity contribution >= 4 is 33.3 Å². The molecule has 24 heavy (non-hydrogen) atoms. The van der Waals surface area contributed by atoms with Crippen LogP contribution in [0.2, 0.25) is 0 Å². The quantitative estimate of drug-likeness (QED) is 0.394. The number of hydrogen-bond donors (Lipinski definition) is 0. The first-order valence-corrected chi connectivity index (χ1v) is 8.98. The molecule has 120 valence electrons. The zero-order chi connectivity index (χ0) is 16.4. The molecule has 3 aromatic heterocycles. The van der Waals surface area contributed by atoms with Gasteiger partial charge < -0.3 is 9.26 Å². The second kappa shape index (κ2) is 6.58. The van der Waals surface area contributed by atoms with Gasteiger partial charge in [0.1, 0.15) is 17.1 Å². The topological polar surface area (TPSA) is 73.9 Å². The zero-order valence-electron chi connectivity index (χ0n) is 12.7. The summed E-state index contributed by atoms with van der Waals surface area (Å²) in [5.41, 5.74) is 1.76. The van der Waals surface area contributed by atoms with Gasteiger partial charge in [0, 0.05) is 0 Å². The van der Waals surface area contributed by atoms with Gasteiger partial charge in [0.2, 0.25) is 11.7 Å². The van der Waals surface area contributed by atoms with Gasteiger partial charge in [-0.1, -0.05) is 29.1 Å². The molecule has 0 aliphatic rings. The standard InChI is InChI=1S/C16H12N4O2S2/c1-21-12-5-3-2-4-10(12)15-19-13(22-20-15)8-24-16-14-11(6-7-23-14)17-9-18-16/h2-7,9H,8H2,1H3. The van der Waals surface area contributed by atoms with Gasteiger partial charge >= 0.3 is 0 Å². The molecule has 0 spiro atoms. The maximum atomic E-state index is 5.36. The Morgan fingerprint density at radius 3 is 3.04 bits per heavy atom. The number of aromatic nitrogens is 4. The Hall–Kier alpha value is -2.45. The molecule has 4 rings (SSSR count). The summed E-state index contributed by atoms with van der Waals surface area (Å²) >= 11 is 3.19. The summed E-state index contributed by atoms with van der Waals surface area (Å²) in [5, 5.41) is 6.98. The van der Waals surface area contributed by atoms with Crippen LogP contribution in [0.25, 0.3) is 21.6 Å². The van der Waals surface area contributed by atoms with Crippen molar-refractivity contribution in [1.29, 1.82) is 0 Å². The van der Waals surface area contributed by atoms with Crippen LogP contribution in [0.4, 0.5) is 0 Å². The van der Waals surface area contributed by atoms with Crippen LogP contribution in [0.3, 0.4) is 0 Å². The summed E-state index contributed by atoms with van der Waals surface area (Å²) < 4.78 is 11.8. The molecule has 0 fully saturated rings. The molecule has 0 radical (unpaired) electrons. The van der Waals surface area contributed by atoms with Crippen molar-refractivity contribution in [2.45, 2.75) is 10.8 Å². The lowest BCUT2D eigenvalue weighted by Gasteiger charge is -2.03. The van der Waals surface area contributed by atoms with Gasteiger partial charge in [-0.2, -0.15) is 4.98 Å². The van der Waals surface area contributed by atoms with Crippen LogP contribution in [-0.2, 0) is 5.75 Å². The van der Waals surface area contributed by atoms with E-state index in [1.54, 1.807) is 36.5 Å². The Morgan fingerprint density at radius 1 is 1.21 bits per heavy atom. The van der Waals surface area contributed by atoms with Crippen LogP contribution in [-0.4, -0.2) is 27.2 Å². The summed E-state index contributed by atoms with van der Waals surface area (Å²) in [5.74, 6) is 2.33. The third kappa shape index (κ3) is 2.85. The molecular formula is C16H12N4O2S2. The van der Waals surface area contributed by atoms with Crippen molar-refractivity contribution in [3.05, 3.63) is 47.9 Å². The highest BCUT2D eigenvalue weighted by Gasteiger charge is 2.14. The Labute approximate surface area is 145 Å². The van der Waals surface area contributed by atoms with E-state index in [2.05, 4.69) is 20.1 Å². The number of rotatable bonds is 5. The fourth-order valence-corrected chi connectivity index (χ4v) is 4.04. The van der Waals surface area contributed by atoms with Crippen LogP contribution in [0.5, 0.6) is 5.75 Å². The Kier molecular flexibility index (Phi) is 4.14. The number of thiophene rings is 1. The number of fused-ring (bicyclic) bond motifs is 1. The van der Waals surface area contributed by atoms with E-state index >= 15 is 0 Å². The highest BCUT2D eigenvalue weighted by molar-refractivity contribution is 7.98. The van der Waals surface area contributed by atoms with E-state index < -0.39 is 0 Å². The highest BCUT2D eigenvalue weighted by Crippen LogP contribution is 2.31. The molecule has 0 aliphatic carbocycles. The molecule has 3 heterocycles. The SMILES string of the molecule is COc1ccccc1-c1noc(CSc2ncnc3ccsc23)n1.